The fourth-order valence-corrected chi connectivity index (χ4v) is 2.46. The van der Waals surface area contributed by atoms with E-state index in [1.807, 2.05) is 0 Å². The van der Waals surface area contributed by atoms with E-state index in [-0.39, 0.29) is 0 Å². The minimum atomic E-state index is -3.10. The molecule has 1 aliphatic carbocycles. The molecule has 0 amide bonds. The van der Waals surface area contributed by atoms with Crippen molar-refractivity contribution >= 4 is 23.9 Å². The van der Waals surface area contributed by atoms with Crippen molar-refractivity contribution < 1.29 is 37.4 Å². The van der Waals surface area contributed by atoms with Crippen LogP contribution in [0.25, 0.3) is 0 Å². The van der Waals surface area contributed by atoms with E-state index in [0.29, 0.717) is 0 Å². The molecule has 0 atom stereocenters. The van der Waals surface area contributed by atoms with Crippen molar-refractivity contribution in [1.82, 2.24) is 0 Å². The summed E-state index contributed by atoms with van der Waals surface area (Å²) >= 11 is 0. The van der Waals surface area contributed by atoms with Gasteiger partial charge in [0.05, 0.1) is 0 Å². The molecule has 1 saturated carbocycles. The quantitative estimate of drug-likeness (QED) is 0.385. The second-order valence-corrected chi connectivity index (χ2v) is 3.82. The van der Waals surface area contributed by atoms with E-state index >= 15 is 0 Å². The lowest BCUT2D eigenvalue weighted by Crippen LogP contribution is -2.72. The molecule has 0 spiro atoms. The van der Waals surface area contributed by atoms with Crippen LogP contribution >= 0.6 is 0 Å². The SMILES string of the molecule is O=C1OC(=O)C2(F)C1C1(F)C(=O)OC(=O)C21. The van der Waals surface area contributed by atoms with Crippen LogP contribution in [0.4, 0.5) is 8.78 Å². The topological polar surface area (TPSA) is 86.7 Å². The second kappa shape index (κ2) is 2.13. The summed E-state index contributed by atoms with van der Waals surface area (Å²) < 4.78 is 35.7. The molecule has 0 N–H and O–H groups in total. The van der Waals surface area contributed by atoms with E-state index in [0.717, 1.165) is 0 Å². The Bertz CT molecular complexity index is 431. The molecule has 3 rings (SSSR count). The Morgan fingerprint density at radius 1 is 0.812 bits per heavy atom. The number of hydrogen-bond donors (Lipinski definition) is 0. The Kier molecular flexibility index (Phi) is 1.25. The van der Waals surface area contributed by atoms with Crippen LogP contribution in [0.15, 0.2) is 0 Å². The zero-order valence-corrected chi connectivity index (χ0v) is 7.36. The van der Waals surface area contributed by atoms with Crippen LogP contribution in [-0.4, -0.2) is 35.2 Å². The summed E-state index contributed by atoms with van der Waals surface area (Å²) in [6.07, 6.45) is 0. The summed E-state index contributed by atoms with van der Waals surface area (Å²) in [5.41, 5.74) is -6.20. The monoisotopic (exact) mass is 232 g/mol. The third-order valence-corrected chi connectivity index (χ3v) is 3.16. The number of hydrogen-bond acceptors (Lipinski definition) is 6. The number of cyclic esters (lactones) is 4. The molecule has 0 radical (unpaired) electrons. The van der Waals surface area contributed by atoms with Gasteiger partial charge in [0.2, 0.25) is 11.3 Å². The molecule has 0 bridgehead atoms. The summed E-state index contributed by atoms with van der Waals surface area (Å²) in [5, 5.41) is 0. The molecule has 0 aromatic heterocycles. The second-order valence-electron chi connectivity index (χ2n) is 3.82. The van der Waals surface area contributed by atoms with E-state index in [1.165, 1.54) is 0 Å². The molecule has 6 nitrogen and oxygen atoms in total. The summed E-state index contributed by atoms with van der Waals surface area (Å²) in [4.78, 5) is 44.0. The van der Waals surface area contributed by atoms with Gasteiger partial charge < -0.3 is 9.47 Å². The lowest BCUT2D eigenvalue weighted by atomic mass is 9.54. The molecular formula is C8H2F2O6. The summed E-state index contributed by atoms with van der Waals surface area (Å²) in [5.74, 6) is -10.7. The highest BCUT2D eigenvalue weighted by Crippen LogP contribution is 2.64. The van der Waals surface area contributed by atoms with Crippen molar-refractivity contribution in [3.05, 3.63) is 0 Å². The molecule has 2 heterocycles. The highest BCUT2D eigenvalue weighted by atomic mass is 19.2. The van der Waals surface area contributed by atoms with Gasteiger partial charge in [0.1, 0.15) is 11.8 Å². The first-order valence-electron chi connectivity index (χ1n) is 4.24. The third-order valence-electron chi connectivity index (χ3n) is 3.16. The van der Waals surface area contributed by atoms with Crippen molar-refractivity contribution in [3.8, 4) is 0 Å². The highest BCUT2D eigenvalue weighted by molar-refractivity contribution is 6.17. The molecule has 0 unspecified atom stereocenters. The van der Waals surface area contributed by atoms with Gasteiger partial charge in [-0.2, -0.15) is 0 Å². The number of fused-ring (bicyclic) bond motifs is 4. The van der Waals surface area contributed by atoms with Crippen molar-refractivity contribution in [2.75, 3.05) is 0 Å². The van der Waals surface area contributed by atoms with Gasteiger partial charge >= 0.3 is 23.9 Å². The maximum Gasteiger partial charge on any atom is 0.353 e. The van der Waals surface area contributed by atoms with Crippen LogP contribution in [-0.2, 0) is 28.7 Å². The highest BCUT2D eigenvalue weighted by Gasteiger charge is 2.92. The number of halogens is 2. The molecule has 2 aliphatic heterocycles. The number of carbonyl (C=O) groups excluding carboxylic acids is 4. The lowest BCUT2D eigenvalue weighted by Gasteiger charge is -2.43. The number of alkyl halides is 2. The van der Waals surface area contributed by atoms with Gasteiger partial charge in [-0.05, 0) is 0 Å². The molecule has 0 aromatic carbocycles. The summed E-state index contributed by atoms with van der Waals surface area (Å²) in [7, 11) is 0. The number of ether oxygens (including phenoxy) is 2. The van der Waals surface area contributed by atoms with Gasteiger partial charge in [-0.1, -0.05) is 0 Å². The van der Waals surface area contributed by atoms with Crippen molar-refractivity contribution in [2.24, 2.45) is 11.8 Å². The van der Waals surface area contributed by atoms with Crippen molar-refractivity contribution in [3.63, 3.8) is 0 Å². The van der Waals surface area contributed by atoms with E-state index in [1.54, 1.807) is 0 Å². The van der Waals surface area contributed by atoms with Crippen LogP contribution in [0.5, 0.6) is 0 Å². The van der Waals surface area contributed by atoms with Gasteiger partial charge in [0, 0.05) is 0 Å². The van der Waals surface area contributed by atoms with Gasteiger partial charge in [0.15, 0.2) is 0 Å². The predicted molar refractivity (Wildman–Crippen MR) is 36.9 cm³/mol. The average molecular weight is 232 g/mol. The van der Waals surface area contributed by atoms with E-state index < -0.39 is 47.1 Å². The normalized spacial score (nSPS) is 49.4. The minimum Gasteiger partial charge on any atom is -0.390 e. The number of carbonyl (C=O) groups is 4. The van der Waals surface area contributed by atoms with Crippen LogP contribution in [0.1, 0.15) is 0 Å². The summed E-state index contributed by atoms with van der Waals surface area (Å²) in [6, 6.07) is 0. The van der Waals surface area contributed by atoms with Crippen LogP contribution < -0.4 is 0 Å². The fourth-order valence-electron chi connectivity index (χ4n) is 2.46. The van der Waals surface area contributed by atoms with Gasteiger partial charge in [-0.3, -0.25) is 9.59 Å². The molecule has 0 aromatic rings. The third kappa shape index (κ3) is 0.599. The molecule has 84 valence electrons. The summed E-state index contributed by atoms with van der Waals surface area (Å²) in [6.45, 7) is 0. The standard InChI is InChI=1S/C8H2F2O6/c9-7-1(3(11)15-5(7)13)8(10)2(7)4(12)16-6(8)14/h1-2H. The van der Waals surface area contributed by atoms with Crippen LogP contribution in [0, 0.1) is 11.8 Å². The maximum atomic E-state index is 14.0. The Morgan fingerprint density at radius 2 is 1.12 bits per heavy atom. The first kappa shape index (κ1) is 9.37. The fraction of sp³-hybridized carbons (Fsp3) is 0.500. The average Bonchev–Trinajstić information content (AvgIpc) is 2.44. The maximum absolute atomic E-state index is 14.0. The zero-order valence-electron chi connectivity index (χ0n) is 7.36. The molecule has 16 heavy (non-hydrogen) atoms. The Labute approximate surface area is 85.5 Å². The van der Waals surface area contributed by atoms with Gasteiger partial charge in [-0.15, -0.1) is 0 Å². The van der Waals surface area contributed by atoms with Gasteiger partial charge in [-0.25, -0.2) is 18.4 Å². The predicted octanol–water partition coefficient (Wildman–Crippen LogP) is -1.18. The largest absolute Gasteiger partial charge is 0.390 e. The molecule has 3 fully saturated rings. The smallest absolute Gasteiger partial charge is 0.353 e. The first-order chi connectivity index (χ1) is 7.34. The van der Waals surface area contributed by atoms with Gasteiger partial charge in [0.25, 0.3) is 0 Å². The first-order valence-corrected chi connectivity index (χ1v) is 4.24. The van der Waals surface area contributed by atoms with E-state index in [4.69, 9.17) is 0 Å². The van der Waals surface area contributed by atoms with E-state index in [9.17, 15) is 28.0 Å². The Balaban J connectivity index is 2.20. The number of esters is 4. The lowest BCUT2D eigenvalue weighted by molar-refractivity contribution is -0.195. The van der Waals surface area contributed by atoms with Crippen LogP contribution in [0.3, 0.4) is 0 Å². The number of rotatable bonds is 0. The molecule has 2 saturated heterocycles. The van der Waals surface area contributed by atoms with Crippen molar-refractivity contribution in [2.45, 2.75) is 11.3 Å². The Morgan fingerprint density at radius 3 is 1.44 bits per heavy atom. The molecule has 8 heteroatoms. The zero-order chi connectivity index (χ0) is 11.9. The minimum absolute atomic E-state index is 1.49. The van der Waals surface area contributed by atoms with E-state index in [2.05, 4.69) is 9.47 Å². The van der Waals surface area contributed by atoms with Crippen molar-refractivity contribution in [1.29, 1.82) is 0 Å². The van der Waals surface area contributed by atoms with Crippen LogP contribution in [0.2, 0.25) is 0 Å². The Hall–Kier alpha value is -1.86. The molecule has 3 aliphatic rings. The molecular weight excluding hydrogens is 230 g/mol.